The van der Waals surface area contributed by atoms with Gasteiger partial charge in [-0.15, -0.1) is 0 Å². The molecule has 27 heavy (non-hydrogen) atoms. The molecular formula is C23H37N3O. The molecule has 3 rings (SSSR count). The Balaban J connectivity index is 1.62. The fourth-order valence-electron chi connectivity index (χ4n) is 4.65. The average Bonchev–Trinajstić information content (AvgIpc) is 2.69. The number of urea groups is 1. The predicted octanol–water partition coefficient (Wildman–Crippen LogP) is 5.75. The summed E-state index contributed by atoms with van der Waals surface area (Å²) in [6.45, 7) is 1.86. The van der Waals surface area contributed by atoms with Gasteiger partial charge in [-0.2, -0.15) is 0 Å². The van der Waals surface area contributed by atoms with E-state index in [2.05, 4.69) is 27.2 Å². The first-order valence-electron chi connectivity index (χ1n) is 10.9. The van der Waals surface area contributed by atoms with Gasteiger partial charge in [0.1, 0.15) is 0 Å². The van der Waals surface area contributed by atoms with E-state index < -0.39 is 0 Å². The minimum absolute atomic E-state index is 0.0868. The molecule has 0 radical (unpaired) electrons. The molecule has 4 heteroatoms. The molecule has 1 N–H and O–H groups in total. The maximum atomic E-state index is 13.1. The number of hydrogen-bond acceptors (Lipinski definition) is 2. The maximum Gasteiger partial charge on any atom is 0.321 e. The van der Waals surface area contributed by atoms with E-state index in [0.717, 1.165) is 24.5 Å². The van der Waals surface area contributed by atoms with Crippen LogP contribution >= 0.6 is 0 Å². The molecule has 2 saturated carbocycles. The maximum absolute atomic E-state index is 13.1. The van der Waals surface area contributed by atoms with Crippen molar-refractivity contribution < 1.29 is 4.79 Å². The Labute approximate surface area is 165 Å². The second-order valence-corrected chi connectivity index (χ2v) is 8.78. The zero-order chi connectivity index (χ0) is 19.1. The van der Waals surface area contributed by atoms with Crippen LogP contribution in [-0.4, -0.2) is 38.1 Å². The Morgan fingerprint density at radius 1 is 0.852 bits per heavy atom. The van der Waals surface area contributed by atoms with Gasteiger partial charge in [0.25, 0.3) is 0 Å². The number of nitrogens with one attached hydrogen (secondary N) is 1. The van der Waals surface area contributed by atoms with Crippen LogP contribution in [0.25, 0.3) is 0 Å². The lowest BCUT2D eigenvalue weighted by Gasteiger charge is -2.33. The van der Waals surface area contributed by atoms with Crippen molar-refractivity contribution in [3.8, 4) is 0 Å². The number of benzene rings is 1. The van der Waals surface area contributed by atoms with E-state index in [1.807, 2.05) is 26.2 Å². The van der Waals surface area contributed by atoms with Gasteiger partial charge in [-0.05, 0) is 61.8 Å². The number of anilines is 2. The molecule has 150 valence electrons. The van der Waals surface area contributed by atoms with Crippen LogP contribution in [0.2, 0.25) is 0 Å². The minimum Gasteiger partial charge on any atom is -0.378 e. The molecule has 0 unspecified atom stereocenters. The van der Waals surface area contributed by atoms with Gasteiger partial charge in [-0.25, -0.2) is 4.79 Å². The summed E-state index contributed by atoms with van der Waals surface area (Å²) in [4.78, 5) is 17.3. The smallest absolute Gasteiger partial charge is 0.321 e. The van der Waals surface area contributed by atoms with Crippen LogP contribution in [-0.2, 0) is 0 Å². The predicted molar refractivity (Wildman–Crippen MR) is 115 cm³/mol. The zero-order valence-electron chi connectivity index (χ0n) is 17.3. The highest BCUT2D eigenvalue weighted by Crippen LogP contribution is 2.28. The number of rotatable bonds is 6. The molecule has 0 bridgehead atoms. The Hall–Kier alpha value is -1.71. The van der Waals surface area contributed by atoms with Gasteiger partial charge in [-0.3, -0.25) is 0 Å². The highest BCUT2D eigenvalue weighted by atomic mass is 16.2. The number of amides is 2. The molecule has 0 heterocycles. The van der Waals surface area contributed by atoms with Crippen LogP contribution in [0.3, 0.4) is 0 Å². The van der Waals surface area contributed by atoms with Crippen molar-refractivity contribution in [2.24, 2.45) is 11.8 Å². The standard InChI is InChI=1S/C23H37N3O/c1-25(2)22-15-13-21(14-16-22)24-23(27)26(17-19-9-5-3-6-10-19)18-20-11-7-4-8-12-20/h13-16,19-20H,3-12,17-18H2,1-2H3,(H,24,27). The van der Waals surface area contributed by atoms with Crippen molar-refractivity contribution in [2.75, 3.05) is 37.4 Å². The molecule has 0 saturated heterocycles. The summed E-state index contributed by atoms with van der Waals surface area (Å²) in [5.41, 5.74) is 2.04. The second kappa shape index (κ2) is 10.0. The summed E-state index contributed by atoms with van der Waals surface area (Å²) in [7, 11) is 4.06. The molecule has 4 nitrogen and oxygen atoms in total. The molecule has 2 aliphatic rings. The van der Waals surface area contributed by atoms with E-state index in [0.29, 0.717) is 11.8 Å². The van der Waals surface area contributed by atoms with Crippen LogP contribution in [0.1, 0.15) is 64.2 Å². The molecule has 2 aliphatic carbocycles. The normalized spacial score (nSPS) is 18.9. The van der Waals surface area contributed by atoms with E-state index in [-0.39, 0.29) is 6.03 Å². The van der Waals surface area contributed by atoms with Gasteiger partial charge in [0.2, 0.25) is 0 Å². The minimum atomic E-state index is 0.0868. The summed E-state index contributed by atoms with van der Waals surface area (Å²) < 4.78 is 0. The molecule has 0 spiro atoms. The van der Waals surface area contributed by atoms with Gasteiger partial charge < -0.3 is 15.1 Å². The molecule has 0 aliphatic heterocycles. The van der Waals surface area contributed by atoms with E-state index in [9.17, 15) is 4.79 Å². The average molecular weight is 372 g/mol. The number of carbonyl (C=O) groups excluding carboxylic acids is 1. The molecule has 0 aromatic heterocycles. The van der Waals surface area contributed by atoms with Crippen LogP contribution < -0.4 is 10.2 Å². The SMILES string of the molecule is CN(C)c1ccc(NC(=O)N(CC2CCCCC2)CC2CCCCC2)cc1. The molecule has 2 amide bonds. The quantitative estimate of drug-likeness (QED) is 0.691. The van der Waals surface area contributed by atoms with Crippen LogP contribution in [0.5, 0.6) is 0 Å². The van der Waals surface area contributed by atoms with E-state index in [1.54, 1.807) is 0 Å². The third-order valence-corrected chi connectivity index (χ3v) is 6.33. The molecule has 0 atom stereocenters. The van der Waals surface area contributed by atoms with E-state index >= 15 is 0 Å². The van der Waals surface area contributed by atoms with E-state index in [4.69, 9.17) is 0 Å². The molecular weight excluding hydrogens is 334 g/mol. The Morgan fingerprint density at radius 2 is 1.33 bits per heavy atom. The third kappa shape index (κ3) is 6.15. The van der Waals surface area contributed by atoms with Crippen molar-refractivity contribution >= 4 is 17.4 Å². The largest absolute Gasteiger partial charge is 0.378 e. The Morgan fingerprint density at radius 3 is 1.78 bits per heavy atom. The lowest BCUT2D eigenvalue weighted by Crippen LogP contribution is -2.42. The van der Waals surface area contributed by atoms with Gasteiger partial charge in [-0.1, -0.05) is 38.5 Å². The first kappa shape index (κ1) is 20.0. The Bertz CT molecular complexity index is 552. The monoisotopic (exact) mass is 371 g/mol. The fourth-order valence-corrected chi connectivity index (χ4v) is 4.65. The highest BCUT2D eigenvalue weighted by molar-refractivity contribution is 5.89. The summed E-state index contributed by atoms with van der Waals surface area (Å²) >= 11 is 0. The first-order chi connectivity index (χ1) is 13.1. The van der Waals surface area contributed by atoms with Gasteiger partial charge in [0.15, 0.2) is 0 Å². The van der Waals surface area contributed by atoms with Crippen molar-refractivity contribution in [1.29, 1.82) is 0 Å². The lowest BCUT2D eigenvalue weighted by atomic mass is 9.87. The molecule has 1 aromatic rings. The van der Waals surface area contributed by atoms with Crippen LogP contribution in [0, 0.1) is 11.8 Å². The number of nitrogens with zero attached hydrogens (tertiary/aromatic N) is 2. The summed E-state index contributed by atoms with van der Waals surface area (Å²) in [5.74, 6) is 1.37. The Kier molecular flexibility index (Phi) is 7.42. The summed E-state index contributed by atoms with van der Waals surface area (Å²) in [5, 5.41) is 3.16. The number of carbonyl (C=O) groups is 1. The fraction of sp³-hybridized carbons (Fsp3) is 0.696. The zero-order valence-corrected chi connectivity index (χ0v) is 17.3. The van der Waals surface area contributed by atoms with Crippen molar-refractivity contribution in [3.63, 3.8) is 0 Å². The van der Waals surface area contributed by atoms with Crippen LogP contribution in [0.15, 0.2) is 24.3 Å². The molecule has 1 aromatic carbocycles. The topological polar surface area (TPSA) is 35.6 Å². The van der Waals surface area contributed by atoms with Crippen LogP contribution in [0.4, 0.5) is 16.2 Å². The number of hydrogen-bond donors (Lipinski definition) is 1. The van der Waals surface area contributed by atoms with Crippen molar-refractivity contribution in [3.05, 3.63) is 24.3 Å². The second-order valence-electron chi connectivity index (χ2n) is 8.78. The summed E-state index contributed by atoms with van der Waals surface area (Å²) in [6.07, 6.45) is 13.2. The molecule has 2 fully saturated rings. The van der Waals surface area contributed by atoms with Gasteiger partial charge >= 0.3 is 6.03 Å². The van der Waals surface area contributed by atoms with Gasteiger partial charge in [0, 0.05) is 38.6 Å². The van der Waals surface area contributed by atoms with Gasteiger partial charge in [0.05, 0.1) is 0 Å². The first-order valence-corrected chi connectivity index (χ1v) is 10.9. The lowest BCUT2D eigenvalue weighted by molar-refractivity contribution is 0.168. The van der Waals surface area contributed by atoms with Crippen molar-refractivity contribution in [1.82, 2.24) is 4.90 Å². The third-order valence-electron chi connectivity index (χ3n) is 6.33. The van der Waals surface area contributed by atoms with E-state index in [1.165, 1.54) is 64.2 Å². The summed E-state index contributed by atoms with van der Waals surface area (Å²) in [6, 6.07) is 8.22. The van der Waals surface area contributed by atoms with Crippen molar-refractivity contribution in [2.45, 2.75) is 64.2 Å². The highest BCUT2D eigenvalue weighted by Gasteiger charge is 2.24.